The fourth-order valence-electron chi connectivity index (χ4n) is 13.0. The van der Waals surface area contributed by atoms with Crippen LogP contribution in [0.3, 0.4) is 0 Å². The van der Waals surface area contributed by atoms with Gasteiger partial charge in [0.15, 0.2) is 5.78 Å². The second kappa shape index (κ2) is 10.3. The van der Waals surface area contributed by atoms with Crippen molar-refractivity contribution in [2.24, 2.45) is 0 Å². The Kier molecular flexibility index (Phi) is 5.26. The maximum absolute atomic E-state index is 15.3. The predicted molar refractivity (Wildman–Crippen MR) is 242 cm³/mol. The lowest BCUT2D eigenvalue weighted by Gasteiger charge is -2.30. The van der Waals surface area contributed by atoms with E-state index in [0.717, 1.165) is 82.6 Å². The molecule has 0 saturated carbocycles. The molecule has 0 N–H and O–H groups in total. The summed E-state index contributed by atoms with van der Waals surface area (Å²) in [7, 11) is 0. The van der Waals surface area contributed by atoms with Crippen LogP contribution in [0.2, 0.25) is 0 Å². The third-order valence-electron chi connectivity index (χ3n) is 15.1. The SMILES string of the molecule is O=C1c2cc3c(cc2C2c4ccccc4C1c1ccccc12)c1c2c(cc4c5c6c(ncc5n3c41)C1(c3ccccc3-c3ccccc31)c1ccccc1-6)oc1ccccc12. The average Bonchev–Trinajstić information content (AvgIpc) is 4.07. The highest BCUT2D eigenvalue weighted by molar-refractivity contribution is 6.36. The summed E-state index contributed by atoms with van der Waals surface area (Å²) in [6.07, 6.45) is 2.12. The van der Waals surface area contributed by atoms with E-state index in [4.69, 9.17) is 9.40 Å². The second-order valence-electron chi connectivity index (χ2n) is 17.5. The van der Waals surface area contributed by atoms with Crippen molar-refractivity contribution in [3.8, 4) is 22.3 Å². The number of benzene rings is 8. The first-order valence-corrected chi connectivity index (χ1v) is 21.2. The molecule has 2 bridgehead atoms. The van der Waals surface area contributed by atoms with E-state index in [1.165, 1.54) is 55.5 Å². The van der Waals surface area contributed by atoms with Gasteiger partial charge in [-0.2, -0.15) is 0 Å². The second-order valence-corrected chi connectivity index (χ2v) is 17.5. The molecule has 12 aromatic rings. The number of hydrogen-bond acceptors (Lipinski definition) is 3. The number of pyridine rings is 1. The van der Waals surface area contributed by atoms with E-state index in [1.54, 1.807) is 0 Å². The summed E-state index contributed by atoms with van der Waals surface area (Å²) in [4.78, 5) is 20.9. The molecule has 4 nitrogen and oxygen atoms in total. The van der Waals surface area contributed by atoms with Crippen LogP contribution in [0.4, 0.5) is 0 Å². The molecule has 4 aromatic heterocycles. The highest BCUT2D eigenvalue weighted by Crippen LogP contribution is 2.64. The number of carbonyl (C=O) groups excluding carboxylic acids is 1. The van der Waals surface area contributed by atoms with E-state index in [9.17, 15) is 0 Å². The summed E-state index contributed by atoms with van der Waals surface area (Å²) < 4.78 is 9.27. The van der Waals surface area contributed by atoms with Gasteiger partial charge in [-0.15, -0.1) is 0 Å². The molecule has 1 spiro atoms. The van der Waals surface area contributed by atoms with Gasteiger partial charge in [-0.05, 0) is 85.5 Å². The maximum Gasteiger partial charge on any atom is 0.175 e. The number of hydrogen-bond donors (Lipinski definition) is 0. The van der Waals surface area contributed by atoms with Gasteiger partial charge in [0.2, 0.25) is 0 Å². The third kappa shape index (κ3) is 3.31. The van der Waals surface area contributed by atoms with Crippen molar-refractivity contribution in [2.75, 3.05) is 0 Å². The van der Waals surface area contributed by atoms with Crippen molar-refractivity contribution in [1.82, 2.24) is 9.38 Å². The number of nitrogens with zero attached hydrogens (tertiary/aromatic N) is 2. The average molecular weight is 775 g/mol. The fourth-order valence-corrected chi connectivity index (χ4v) is 13.0. The molecule has 61 heavy (non-hydrogen) atoms. The van der Waals surface area contributed by atoms with E-state index in [-0.39, 0.29) is 17.6 Å². The molecule has 280 valence electrons. The highest BCUT2D eigenvalue weighted by Gasteiger charge is 2.53. The number of carbonyl (C=O) groups is 1. The van der Waals surface area contributed by atoms with Crippen molar-refractivity contribution in [3.05, 3.63) is 226 Å². The quantitative estimate of drug-likeness (QED) is 0.154. The number of ketones is 1. The summed E-state index contributed by atoms with van der Waals surface area (Å²) in [6.45, 7) is 0. The first-order chi connectivity index (χ1) is 30.2. The van der Waals surface area contributed by atoms with Gasteiger partial charge in [-0.1, -0.05) is 140 Å². The van der Waals surface area contributed by atoms with Gasteiger partial charge in [0, 0.05) is 49.4 Å². The van der Waals surface area contributed by atoms with Crippen LogP contribution in [-0.2, 0) is 5.41 Å². The minimum Gasteiger partial charge on any atom is -0.456 e. The lowest BCUT2D eigenvalue weighted by Crippen LogP contribution is -2.26. The van der Waals surface area contributed by atoms with Gasteiger partial charge in [-0.3, -0.25) is 9.78 Å². The van der Waals surface area contributed by atoms with Crippen molar-refractivity contribution >= 4 is 65.8 Å². The van der Waals surface area contributed by atoms with Gasteiger partial charge in [0.05, 0.1) is 39.8 Å². The van der Waals surface area contributed by atoms with E-state index < -0.39 is 5.41 Å². The Morgan fingerprint density at radius 1 is 0.475 bits per heavy atom. The van der Waals surface area contributed by atoms with Crippen molar-refractivity contribution in [1.29, 1.82) is 0 Å². The first kappa shape index (κ1) is 31.1. The van der Waals surface area contributed by atoms with Crippen molar-refractivity contribution in [2.45, 2.75) is 17.3 Å². The van der Waals surface area contributed by atoms with Crippen LogP contribution in [0.5, 0.6) is 0 Å². The molecule has 0 aliphatic heterocycles. The van der Waals surface area contributed by atoms with Gasteiger partial charge in [0.1, 0.15) is 11.2 Å². The largest absolute Gasteiger partial charge is 0.456 e. The smallest absolute Gasteiger partial charge is 0.175 e. The molecule has 5 aliphatic rings. The zero-order valence-electron chi connectivity index (χ0n) is 32.5. The topological polar surface area (TPSA) is 47.5 Å². The number of Topliss-reactive ketones (excluding diaryl/α,β-unsaturated/α-hetero) is 1. The van der Waals surface area contributed by atoms with Gasteiger partial charge in [0.25, 0.3) is 0 Å². The molecule has 0 unspecified atom stereocenters. The number of furan rings is 1. The van der Waals surface area contributed by atoms with Gasteiger partial charge >= 0.3 is 0 Å². The van der Waals surface area contributed by atoms with Crippen LogP contribution < -0.4 is 0 Å². The van der Waals surface area contributed by atoms with Crippen molar-refractivity contribution in [3.63, 3.8) is 0 Å². The van der Waals surface area contributed by atoms with Crippen LogP contribution >= 0.6 is 0 Å². The highest BCUT2D eigenvalue weighted by atomic mass is 16.3. The third-order valence-corrected chi connectivity index (χ3v) is 15.1. The summed E-state index contributed by atoms with van der Waals surface area (Å²) in [5.74, 6) is -0.251. The summed E-state index contributed by atoms with van der Waals surface area (Å²) >= 11 is 0. The molecule has 0 fully saturated rings. The van der Waals surface area contributed by atoms with E-state index in [1.807, 2.05) is 0 Å². The van der Waals surface area contributed by atoms with Gasteiger partial charge in [-0.25, -0.2) is 0 Å². The number of aromatic nitrogens is 2. The molecule has 0 amide bonds. The van der Waals surface area contributed by atoms with E-state index in [0.29, 0.717) is 0 Å². The maximum atomic E-state index is 15.3. The Labute approximate surface area is 348 Å². The molecular formula is C57H30N2O2. The number of rotatable bonds is 0. The molecular weight excluding hydrogens is 745 g/mol. The van der Waals surface area contributed by atoms with Gasteiger partial charge < -0.3 is 8.82 Å². The Morgan fingerprint density at radius 3 is 1.77 bits per heavy atom. The Balaban J connectivity index is 1.10. The monoisotopic (exact) mass is 774 g/mol. The first-order valence-electron chi connectivity index (χ1n) is 21.2. The molecule has 0 radical (unpaired) electrons. The molecule has 4 heterocycles. The van der Waals surface area contributed by atoms with Crippen LogP contribution in [0.1, 0.15) is 72.4 Å². The standard InChI is InChI=1S/C57H30N2O2/c60-55-38-26-44-39(25-37(38)48-31-15-1-3-17-33(31)49(55)34-18-4-2-16-32(34)48)52-51-36-20-8-12-24-46(36)61-47(51)27-40-50-45(59(44)54(40)52)28-58-56-53(50)35-19-7-11-23-43(35)57(56)41-21-9-5-13-29(41)30-14-6-10-22-42(30)57/h1-28,48-49H. The Bertz CT molecular complexity index is 3960. The minimum atomic E-state index is -0.566. The predicted octanol–water partition coefficient (Wildman–Crippen LogP) is 13.3. The minimum absolute atomic E-state index is 0.0577. The van der Waals surface area contributed by atoms with Crippen LogP contribution in [0, 0.1) is 0 Å². The molecule has 17 rings (SSSR count). The lowest BCUT2D eigenvalue weighted by molar-refractivity contribution is 0.0974. The molecule has 4 heteroatoms. The lowest BCUT2D eigenvalue weighted by atomic mass is 9.72. The summed E-state index contributed by atoms with van der Waals surface area (Å²) in [5, 5.41) is 6.79. The zero-order valence-corrected chi connectivity index (χ0v) is 32.5. The zero-order chi connectivity index (χ0) is 39.5. The fraction of sp³-hybridized carbons (Fsp3) is 0.0526. The van der Waals surface area contributed by atoms with E-state index >= 15 is 4.79 Å². The molecule has 0 saturated heterocycles. The summed E-state index contributed by atoms with van der Waals surface area (Å²) in [5.41, 5.74) is 20.7. The molecule has 0 atom stereocenters. The Morgan fingerprint density at radius 2 is 1.07 bits per heavy atom. The molecule has 8 aromatic carbocycles. The number of fused-ring (bicyclic) bond motifs is 21. The normalized spacial score (nSPS) is 17.3. The van der Waals surface area contributed by atoms with Crippen molar-refractivity contribution < 1.29 is 9.21 Å². The van der Waals surface area contributed by atoms with Crippen LogP contribution in [-0.4, -0.2) is 15.2 Å². The van der Waals surface area contributed by atoms with Crippen LogP contribution in [0.15, 0.2) is 174 Å². The van der Waals surface area contributed by atoms with E-state index in [2.05, 4.69) is 174 Å². The number of para-hydroxylation sites is 1. The molecule has 5 aliphatic carbocycles. The summed E-state index contributed by atoms with van der Waals surface area (Å²) in [6, 6.07) is 59.2. The van der Waals surface area contributed by atoms with Crippen LogP contribution in [0.25, 0.3) is 82.3 Å². The Hall–Kier alpha value is -7.82.